The maximum atomic E-state index is 13.2. The van der Waals surface area contributed by atoms with Gasteiger partial charge in [0, 0.05) is 16.6 Å². The first-order valence-electron chi connectivity index (χ1n) is 8.63. The molecule has 1 N–H and O–H groups in total. The number of ether oxygens (including phenoxy) is 1. The fourth-order valence-electron chi connectivity index (χ4n) is 2.47. The molecule has 0 bridgehead atoms. The lowest BCUT2D eigenvalue weighted by Crippen LogP contribution is -2.14. The molecule has 0 radical (unpaired) electrons. The molecule has 0 aliphatic heterocycles. The number of anilines is 1. The Morgan fingerprint density at radius 3 is 2.66 bits per heavy atom. The topological polar surface area (TPSA) is 62.1 Å². The van der Waals surface area contributed by atoms with Gasteiger partial charge in [0.1, 0.15) is 12.4 Å². The van der Waals surface area contributed by atoms with Crippen molar-refractivity contribution >= 4 is 23.4 Å². The van der Waals surface area contributed by atoms with Crippen LogP contribution in [0.2, 0.25) is 0 Å². The summed E-state index contributed by atoms with van der Waals surface area (Å²) in [5.41, 5.74) is 1.98. The van der Waals surface area contributed by atoms with E-state index in [1.54, 1.807) is 42.5 Å². The molecule has 0 fully saturated rings. The highest BCUT2D eigenvalue weighted by Gasteiger charge is 2.08. The summed E-state index contributed by atoms with van der Waals surface area (Å²) in [7, 11) is 0. The Balaban J connectivity index is 1.54. The Morgan fingerprint density at radius 2 is 1.86 bits per heavy atom. The minimum atomic E-state index is -0.944. The number of thioether (sulfide) groups is 1. The van der Waals surface area contributed by atoms with Gasteiger partial charge in [0.25, 0.3) is 0 Å². The number of nitrogens with zero attached hydrogens (tertiary/aromatic N) is 1. The molecule has 1 amide bonds. The summed E-state index contributed by atoms with van der Waals surface area (Å²) < 4.78 is 31.9. The van der Waals surface area contributed by atoms with Crippen molar-refractivity contribution in [1.82, 2.24) is 0 Å². The zero-order valence-electron chi connectivity index (χ0n) is 15.2. The number of amides is 1. The van der Waals surface area contributed by atoms with Gasteiger partial charge >= 0.3 is 0 Å². The highest BCUT2D eigenvalue weighted by molar-refractivity contribution is 8.00. The van der Waals surface area contributed by atoms with Crippen molar-refractivity contribution in [2.24, 2.45) is 0 Å². The van der Waals surface area contributed by atoms with Crippen LogP contribution >= 0.6 is 11.8 Å². The van der Waals surface area contributed by atoms with E-state index in [9.17, 15) is 13.6 Å². The molecule has 0 heterocycles. The summed E-state index contributed by atoms with van der Waals surface area (Å²) in [5, 5.41) is 11.7. The number of nitriles is 1. The molecule has 29 heavy (non-hydrogen) atoms. The summed E-state index contributed by atoms with van der Waals surface area (Å²) in [4.78, 5) is 12.6. The van der Waals surface area contributed by atoms with Gasteiger partial charge in [-0.25, -0.2) is 8.78 Å². The van der Waals surface area contributed by atoms with Crippen molar-refractivity contribution in [3.8, 4) is 11.8 Å². The lowest BCUT2D eigenvalue weighted by Gasteiger charge is -2.10. The number of halogens is 2. The summed E-state index contributed by atoms with van der Waals surface area (Å²) >= 11 is 1.11. The molecular formula is C22H16F2N2O2S. The first-order chi connectivity index (χ1) is 14.0. The number of hydrogen-bond donors (Lipinski definition) is 1. The van der Waals surface area contributed by atoms with Gasteiger partial charge in [0.15, 0.2) is 11.6 Å². The molecule has 146 valence electrons. The second-order valence-electron chi connectivity index (χ2n) is 6.04. The van der Waals surface area contributed by atoms with E-state index in [-0.39, 0.29) is 11.7 Å². The molecule has 3 rings (SSSR count). The third kappa shape index (κ3) is 6.06. The van der Waals surface area contributed by atoms with Gasteiger partial charge in [-0.05, 0) is 48.0 Å². The average Bonchev–Trinajstić information content (AvgIpc) is 2.73. The molecule has 4 nitrogen and oxygen atoms in total. The Hall–Kier alpha value is -3.37. The summed E-state index contributed by atoms with van der Waals surface area (Å²) in [6, 6.07) is 19.6. The van der Waals surface area contributed by atoms with Gasteiger partial charge in [0.05, 0.1) is 17.4 Å². The van der Waals surface area contributed by atoms with E-state index in [1.165, 1.54) is 6.07 Å². The lowest BCUT2D eigenvalue weighted by atomic mass is 10.1. The normalized spacial score (nSPS) is 10.2. The van der Waals surface area contributed by atoms with Crippen molar-refractivity contribution in [3.63, 3.8) is 0 Å². The van der Waals surface area contributed by atoms with E-state index < -0.39 is 11.6 Å². The van der Waals surface area contributed by atoms with Crippen LogP contribution in [0, 0.1) is 23.0 Å². The van der Waals surface area contributed by atoms with E-state index in [2.05, 4.69) is 11.4 Å². The number of rotatable bonds is 7. The van der Waals surface area contributed by atoms with Crippen LogP contribution in [0.25, 0.3) is 0 Å². The Morgan fingerprint density at radius 1 is 1.03 bits per heavy atom. The van der Waals surface area contributed by atoms with E-state index in [1.807, 2.05) is 6.07 Å². The number of benzene rings is 3. The van der Waals surface area contributed by atoms with Crippen LogP contribution in [0.5, 0.6) is 5.75 Å². The van der Waals surface area contributed by atoms with Crippen LogP contribution in [0.3, 0.4) is 0 Å². The smallest absolute Gasteiger partial charge is 0.234 e. The molecule has 0 aromatic heterocycles. The van der Waals surface area contributed by atoms with Crippen molar-refractivity contribution < 1.29 is 18.3 Å². The fraction of sp³-hybridized carbons (Fsp3) is 0.0909. The van der Waals surface area contributed by atoms with Crippen molar-refractivity contribution in [2.45, 2.75) is 11.5 Å². The van der Waals surface area contributed by atoms with Crippen LogP contribution in [-0.4, -0.2) is 11.7 Å². The standard InChI is InChI=1S/C22H16F2N2O2S/c23-20-8-7-19(11-21(20)24)29-14-22(27)26-17-5-2-6-18(10-17)28-13-16-4-1-3-15(9-16)12-25/h1-11H,13-14H2,(H,26,27). The molecule has 3 aromatic rings. The highest BCUT2D eigenvalue weighted by atomic mass is 32.2. The average molecular weight is 410 g/mol. The van der Waals surface area contributed by atoms with E-state index in [0.717, 1.165) is 29.5 Å². The predicted molar refractivity (Wildman–Crippen MR) is 108 cm³/mol. The maximum Gasteiger partial charge on any atom is 0.234 e. The van der Waals surface area contributed by atoms with Crippen molar-refractivity contribution in [1.29, 1.82) is 5.26 Å². The van der Waals surface area contributed by atoms with Crippen molar-refractivity contribution in [2.75, 3.05) is 11.1 Å². The molecule has 0 aliphatic rings. The van der Waals surface area contributed by atoms with Gasteiger partial charge in [0.2, 0.25) is 5.91 Å². The SMILES string of the molecule is N#Cc1cccc(COc2cccc(NC(=O)CSc3ccc(F)c(F)c3)c2)c1. The number of nitrogens with one attached hydrogen (secondary N) is 1. The molecule has 0 spiro atoms. The first kappa shape index (κ1) is 20.4. The molecule has 3 aromatic carbocycles. The second-order valence-corrected chi connectivity index (χ2v) is 7.09. The van der Waals surface area contributed by atoms with Gasteiger partial charge in [-0.1, -0.05) is 18.2 Å². The van der Waals surface area contributed by atoms with Gasteiger partial charge < -0.3 is 10.1 Å². The summed E-state index contributed by atoms with van der Waals surface area (Å²) in [6.07, 6.45) is 0. The van der Waals surface area contributed by atoms with Crippen LogP contribution in [-0.2, 0) is 11.4 Å². The minimum absolute atomic E-state index is 0.0527. The molecule has 0 saturated carbocycles. The minimum Gasteiger partial charge on any atom is -0.489 e. The van der Waals surface area contributed by atoms with Gasteiger partial charge in [-0.15, -0.1) is 11.8 Å². The van der Waals surface area contributed by atoms with Crippen LogP contribution in [0.4, 0.5) is 14.5 Å². The quantitative estimate of drug-likeness (QED) is 0.548. The van der Waals surface area contributed by atoms with E-state index >= 15 is 0 Å². The zero-order chi connectivity index (χ0) is 20.6. The monoisotopic (exact) mass is 410 g/mol. The van der Waals surface area contributed by atoms with E-state index in [0.29, 0.717) is 28.5 Å². The number of carbonyl (C=O) groups is 1. The lowest BCUT2D eigenvalue weighted by molar-refractivity contribution is -0.113. The van der Waals surface area contributed by atoms with Crippen LogP contribution in [0.15, 0.2) is 71.6 Å². The largest absolute Gasteiger partial charge is 0.489 e. The molecule has 0 aliphatic carbocycles. The Kier molecular flexibility index (Phi) is 6.82. The zero-order valence-corrected chi connectivity index (χ0v) is 16.0. The first-order valence-corrected chi connectivity index (χ1v) is 9.61. The highest BCUT2D eigenvalue weighted by Crippen LogP contribution is 2.22. The van der Waals surface area contributed by atoms with Crippen molar-refractivity contribution in [3.05, 3.63) is 89.5 Å². The number of hydrogen-bond acceptors (Lipinski definition) is 4. The third-order valence-electron chi connectivity index (χ3n) is 3.84. The Bertz CT molecular complexity index is 1070. The Labute approximate surface area is 171 Å². The molecule has 0 saturated heterocycles. The van der Waals surface area contributed by atoms with Crippen LogP contribution < -0.4 is 10.1 Å². The summed E-state index contributed by atoms with van der Waals surface area (Å²) in [5.74, 6) is -1.52. The van der Waals surface area contributed by atoms with Gasteiger partial charge in [-0.2, -0.15) is 5.26 Å². The molecule has 0 unspecified atom stereocenters. The predicted octanol–water partition coefficient (Wildman–Crippen LogP) is 5.15. The maximum absolute atomic E-state index is 13.2. The van der Waals surface area contributed by atoms with Gasteiger partial charge in [-0.3, -0.25) is 4.79 Å². The molecular weight excluding hydrogens is 394 g/mol. The van der Waals surface area contributed by atoms with Crippen LogP contribution in [0.1, 0.15) is 11.1 Å². The molecule has 0 atom stereocenters. The second kappa shape index (κ2) is 9.71. The fourth-order valence-corrected chi connectivity index (χ4v) is 3.19. The van der Waals surface area contributed by atoms with E-state index in [4.69, 9.17) is 10.00 Å². The molecule has 7 heteroatoms. The number of carbonyl (C=O) groups excluding carboxylic acids is 1. The third-order valence-corrected chi connectivity index (χ3v) is 4.83. The summed E-state index contributed by atoms with van der Waals surface area (Å²) in [6.45, 7) is 0.291.